The number of nitrogens with zero attached hydrogens (tertiary/aromatic N) is 1. The molecule has 2 aliphatic heterocycles. The van der Waals surface area contributed by atoms with E-state index >= 15 is 0 Å². The zero-order valence-electron chi connectivity index (χ0n) is 12.3. The molecule has 110 valence electrons. The van der Waals surface area contributed by atoms with Gasteiger partial charge in [-0.1, -0.05) is 0 Å². The van der Waals surface area contributed by atoms with E-state index in [-0.39, 0.29) is 24.4 Å². The summed E-state index contributed by atoms with van der Waals surface area (Å²) in [6, 6.07) is 0. The van der Waals surface area contributed by atoms with Gasteiger partial charge in [0.1, 0.15) is 11.1 Å². The lowest BCUT2D eigenvalue weighted by atomic mass is 9.89. The Kier molecular flexibility index (Phi) is 3.67. The molecule has 1 aromatic rings. The molecular formula is C13H20BNO4S. The Bertz CT molecular complexity index is 468. The van der Waals surface area contributed by atoms with Crippen molar-refractivity contribution in [1.29, 1.82) is 0 Å². The van der Waals surface area contributed by atoms with E-state index in [1.807, 2.05) is 33.9 Å². The van der Waals surface area contributed by atoms with Crippen LogP contribution in [0.15, 0.2) is 6.20 Å². The van der Waals surface area contributed by atoms with Gasteiger partial charge in [-0.2, -0.15) is 0 Å². The second-order valence-electron chi connectivity index (χ2n) is 6.12. The fourth-order valence-corrected chi connectivity index (χ4v) is 3.06. The SMILES string of the molecule is CC1(C)OB(c2cnc(C3COCCO3)s2)OC1(C)C. The summed E-state index contributed by atoms with van der Waals surface area (Å²) >= 11 is 1.57. The van der Waals surface area contributed by atoms with Crippen LogP contribution in [0.25, 0.3) is 0 Å². The zero-order chi connectivity index (χ0) is 14.4. The first-order valence-corrected chi connectivity index (χ1v) is 7.71. The van der Waals surface area contributed by atoms with E-state index in [0.29, 0.717) is 19.8 Å². The molecule has 0 aliphatic carbocycles. The molecule has 0 aromatic carbocycles. The summed E-state index contributed by atoms with van der Waals surface area (Å²) < 4.78 is 24.1. The molecule has 0 spiro atoms. The number of hydrogen-bond acceptors (Lipinski definition) is 6. The molecule has 7 heteroatoms. The number of thiazole rings is 1. The van der Waals surface area contributed by atoms with E-state index in [1.54, 1.807) is 11.3 Å². The van der Waals surface area contributed by atoms with Crippen molar-refractivity contribution in [2.75, 3.05) is 19.8 Å². The van der Waals surface area contributed by atoms with Crippen molar-refractivity contribution < 1.29 is 18.8 Å². The molecule has 3 heterocycles. The molecule has 0 N–H and O–H groups in total. The number of ether oxygens (including phenoxy) is 2. The third-order valence-corrected chi connectivity index (χ3v) is 5.23. The van der Waals surface area contributed by atoms with Crippen LogP contribution in [0.5, 0.6) is 0 Å². The van der Waals surface area contributed by atoms with Gasteiger partial charge in [-0.3, -0.25) is 0 Å². The zero-order valence-corrected chi connectivity index (χ0v) is 13.2. The van der Waals surface area contributed by atoms with Gasteiger partial charge in [-0.25, -0.2) is 4.98 Å². The lowest BCUT2D eigenvalue weighted by molar-refractivity contribution is -0.0901. The predicted octanol–water partition coefficient (Wildman–Crippen LogP) is 1.53. The van der Waals surface area contributed by atoms with Crippen LogP contribution in [-0.2, 0) is 18.8 Å². The van der Waals surface area contributed by atoms with Gasteiger partial charge in [0.25, 0.3) is 0 Å². The Morgan fingerprint density at radius 3 is 2.50 bits per heavy atom. The fourth-order valence-electron chi connectivity index (χ4n) is 2.15. The highest BCUT2D eigenvalue weighted by Crippen LogP contribution is 2.37. The Hall–Kier alpha value is -0.465. The maximum Gasteiger partial charge on any atom is 0.507 e. The maximum atomic E-state index is 6.03. The highest BCUT2D eigenvalue weighted by molar-refractivity contribution is 7.22. The summed E-state index contributed by atoms with van der Waals surface area (Å²) in [6.07, 6.45) is 1.75. The highest BCUT2D eigenvalue weighted by Gasteiger charge is 2.52. The summed E-state index contributed by atoms with van der Waals surface area (Å²) in [5, 5.41) is 0.925. The van der Waals surface area contributed by atoms with Gasteiger partial charge in [0.05, 0.1) is 35.8 Å². The summed E-state index contributed by atoms with van der Waals surface area (Å²) in [4.78, 5) is 4.43. The molecule has 2 aliphatic rings. The molecule has 20 heavy (non-hydrogen) atoms. The Morgan fingerprint density at radius 1 is 1.20 bits per heavy atom. The van der Waals surface area contributed by atoms with Gasteiger partial charge in [0.2, 0.25) is 0 Å². The van der Waals surface area contributed by atoms with E-state index in [4.69, 9.17) is 18.8 Å². The van der Waals surface area contributed by atoms with Crippen LogP contribution < -0.4 is 4.78 Å². The minimum atomic E-state index is -0.351. The van der Waals surface area contributed by atoms with Crippen LogP contribution >= 0.6 is 11.3 Å². The van der Waals surface area contributed by atoms with Gasteiger partial charge in [0, 0.05) is 6.20 Å². The minimum Gasteiger partial charge on any atom is -0.399 e. The van der Waals surface area contributed by atoms with Crippen molar-refractivity contribution >= 4 is 23.2 Å². The Labute approximate surface area is 123 Å². The van der Waals surface area contributed by atoms with E-state index in [2.05, 4.69) is 4.98 Å². The van der Waals surface area contributed by atoms with Crippen LogP contribution in [0.4, 0.5) is 0 Å². The van der Waals surface area contributed by atoms with E-state index in [0.717, 1.165) is 9.78 Å². The number of hydrogen-bond donors (Lipinski definition) is 0. The average Bonchev–Trinajstić information content (AvgIpc) is 2.94. The summed E-state index contributed by atoms with van der Waals surface area (Å²) in [7, 11) is -0.351. The summed E-state index contributed by atoms with van der Waals surface area (Å²) in [5.74, 6) is 0. The second kappa shape index (κ2) is 5.07. The number of aromatic nitrogens is 1. The molecule has 1 aromatic heterocycles. The molecule has 3 rings (SSSR count). The predicted molar refractivity (Wildman–Crippen MR) is 77.3 cm³/mol. The third kappa shape index (κ3) is 2.53. The van der Waals surface area contributed by atoms with Crippen molar-refractivity contribution in [2.45, 2.75) is 45.0 Å². The standard InChI is InChI=1S/C13H20BNO4S/c1-12(2)13(3,4)19-14(18-12)10-7-15-11(20-10)9-8-16-5-6-17-9/h7,9H,5-6,8H2,1-4H3. The average molecular weight is 297 g/mol. The first kappa shape index (κ1) is 14.5. The van der Waals surface area contributed by atoms with Crippen LogP contribution in [0.3, 0.4) is 0 Å². The third-order valence-electron chi connectivity index (χ3n) is 4.12. The summed E-state index contributed by atoms with van der Waals surface area (Å²) in [6.45, 7) is 10.0. The van der Waals surface area contributed by atoms with Crippen molar-refractivity contribution in [2.24, 2.45) is 0 Å². The maximum absolute atomic E-state index is 6.03. The van der Waals surface area contributed by atoms with Crippen LogP contribution in [0, 0.1) is 0 Å². The minimum absolute atomic E-state index is 0.0649. The van der Waals surface area contributed by atoms with Crippen molar-refractivity contribution in [3.63, 3.8) is 0 Å². The Morgan fingerprint density at radius 2 is 1.90 bits per heavy atom. The first-order chi connectivity index (χ1) is 9.39. The van der Waals surface area contributed by atoms with E-state index < -0.39 is 0 Å². The molecule has 2 fully saturated rings. The van der Waals surface area contributed by atoms with E-state index in [9.17, 15) is 0 Å². The van der Waals surface area contributed by atoms with Gasteiger partial charge in [0.15, 0.2) is 0 Å². The topological polar surface area (TPSA) is 49.8 Å². The molecular weight excluding hydrogens is 277 g/mol. The monoisotopic (exact) mass is 297 g/mol. The first-order valence-electron chi connectivity index (χ1n) is 6.90. The van der Waals surface area contributed by atoms with Gasteiger partial charge in [-0.05, 0) is 27.7 Å². The van der Waals surface area contributed by atoms with E-state index in [1.165, 1.54) is 0 Å². The molecule has 0 radical (unpaired) electrons. The molecule has 0 saturated carbocycles. The largest absolute Gasteiger partial charge is 0.507 e. The molecule has 0 bridgehead atoms. The molecule has 5 nitrogen and oxygen atoms in total. The number of rotatable bonds is 2. The quantitative estimate of drug-likeness (QED) is 0.775. The van der Waals surface area contributed by atoms with Crippen LogP contribution in [0.1, 0.15) is 38.8 Å². The van der Waals surface area contributed by atoms with Gasteiger partial charge in [-0.15, -0.1) is 11.3 Å². The van der Waals surface area contributed by atoms with Crippen LogP contribution in [-0.4, -0.2) is 43.1 Å². The molecule has 1 unspecified atom stereocenters. The van der Waals surface area contributed by atoms with Crippen molar-refractivity contribution in [3.05, 3.63) is 11.2 Å². The molecule has 1 atom stereocenters. The van der Waals surface area contributed by atoms with Crippen molar-refractivity contribution in [1.82, 2.24) is 4.98 Å². The Balaban J connectivity index is 1.74. The normalized spacial score (nSPS) is 28.8. The summed E-state index contributed by atoms with van der Waals surface area (Å²) in [5.41, 5.74) is -0.654. The lowest BCUT2D eigenvalue weighted by Gasteiger charge is -2.32. The van der Waals surface area contributed by atoms with Crippen molar-refractivity contribution in [3.8, 4) is 0 Å². The van der Waals surface area contributed by atoms with Gasteiger partial charge < -0.3 is 18.8 Å². The lowest BCUT2D eigenvalue weighted by Crippen LogP contribution is -2.41. The van der Waals surface area contributed by atoms with Gasteiger partial charge >= 0.3 is 7.12 Å². The second-order valence-corrected chi connectivity index (χ2v) is 7.22. The fraction of sp³-hybridized carbons (Fsp3) is 0.769. The molecule has 2 saturated heterocycles. The van der Waals surface area contributed by atoms with Crippen LogP contribution in [0.2, 0.25) is 0 Å². The highest BCUT2D eigenvalue weighted by atomic mass is 32.1. The smallest absolute Gasteiger partial charge is 0.399 e. The molecule has 0 amide bonds.